The van der Waals surface area contributed by atoms with Gasteiger partial charge < -0.3 is 20.8 Å². The van der Waals surface area contributed by atoms with E-state index >= 15 is 0 Å². The summed E-state index contributed by atoms with van der Waals surface area (Å²) in [7, 11) is 0. The number of halogens is 3. The molecule has 0 amide bonds. The van der Waals surface area contributed by atoms with Gasteiger partial charge in [-0.15, -0.1) is 0 Å². The number of aromatic nitrogens is 3. The lowest BCUT2D eigenvalue weighted by Gasteiger charge is -2.13. The fourth-order valence-electron chi connectivity index (χ4n) is 2.32. The Balaban J connectivity index is 1.75. The van der Waals surface area contributed by atoms with Crippen LogP contribution in [0.4, 0.5) is 24.8 Å². The molecule has 0 unspecified atom stereocenters. The minimum atomic E-state index is -4.65. The fraction of sp³-hybridized carbons (Fsp3) is 0.0526. The van der Waals surface area contributed by atoms with Gasteiger partial charge in [-0.2, -0.15) is 13.2 Å². The van der Waals surface area contributed by atoms with Crippen LogP contribution in [0.3, 0.4) is 0 Å². The Kier molecular flexibility index (Phi) is 5.35. The maximum Gasteiger partial charge on any atom is 0.421 e. The van der Waals surface area contributed by atoms with Gasteiger partial charge in [0.2, 0.25) is 11.8 Å². The number of nitrogens with zero attached hydrogens (tertiary/aromatic N) is 2. The van der Waals surface area contributed by atoms with E-state index in [9.17, 15) is 13.2 Å². The van der Waals surface area contributed by atoms with E-state index in [1.54, 1.807) is 30.6 Å². The van der Waals surface area contributed by atoms with Crippen LogP contribution in [-0.2, 0) is 0 Å². The molecule has 6 nitrogen and oxygen atoms in total. The van der Waals surface area contributed by atoms with Gasteiger partial charge in [0.25, 0.3) is 0 Å². The lowest BCUT2D eigenvalue weighted by Crippen LogP contribution is -2.19. The summed E-state index contributed by atoms with van der Waals surface area (Å²) in [6, 6.07) is 8.02. The summed E-state index contributed by atoms with van der Waals surface area (Å²) in [5.41, 5.74) is 6.59. The highest BCUT2D eigenvalue weighted by molar-refractivity contribution is 5.77. The third-order valence-electron chi connectivity index (χ3n) is 3.60. The van der Waals surface area contributed by atoms with E-state index < -0.39 is 17.6 Å². The van der Waals surface area contributed by atoms with Crippen molar-refractivity contribution in [3.8, 4) is 5.75 Å². The van der Waals surface area contributed by atoms with Crippen molar-refractivity contribution in [1.82, 2.24) is 15.0 Å². The van der Waals surface area contributed by atoms with Gasteiger partial charge in [0.1, 0.15) is 16.8 Å². The number of hydrogen-bond acceptors (Lipinski definition) is 5. The molecule has 0 atom stereocenters. The van der Waals surface area contributed by atoms with E-state index in [1.165, 1.54) is 18.2 Å². The first-order chi connectivity index (χ1) is 13.4. The van der Waals surface area contributed by atoms with Crippen LogP contribution in [0.15, 0.2) is 79.0 Å². The standard InChI is InChI=1S/C19H16F3N5O/c1-2-3-4-14(19(20,21)22)17(23)28-13-7-5-12(6-8-13)25-18-26-15-9-10-24-11-16(15)27-18/h2-11H,1,23H2,(H2,25,26,27)/b4-3-,17-14-. The van der Waals surface area contributed by atoms with Crippen molar-refractivity contribution in [2.24, 2.45) is 5.73 Å². The Labute approximate surface area is 158 Å². The van der Waals surface area contributed by atoms with E-state index in [2.05, 4.69) is 26.8 Å². The van der Waals surface area contributed by atoms with Crippen LogP contribution in [0.2, 0.25) is 0 Å². The Morgan fingerprint density at radius 2 is 1.96 bits per heavy atom. The molecule has 0 aliphatic carbocycles. The number of ether oxygens (including phenoxy) is 1. The van der Waals surface area contributed by atoms with Gasteiger partial charge in [-0.3, -0.25) is 4.98 Å². The Morgan fingerprint density at radius 3 is 2.61 bits per heavy atom. The minimum Gasteiger partial charge on any atom is -0.441 e. The van der Waals surface area contributed by atoms with Gasteiger partial charge in [-0.1, -0.05) is 18.7 Å². The largest absolute Gasteiger partial charge is 0.441 e. The Bertz CT molecular complexity index is 1000. The zero-order chi connectivity index (χ0) is 20.1. The molecule has 28 heavy (non-hydrogen) atoms. The van der Waals surface area contributed by atoms with E-state index in [1.807, 2.05) is 0 Å². The summed E-state index contributed by atoms with van der Waals surface area (Å²) in [5, 5.41) is 3.05. The molecule has 9 heteroatoms. The third kappa shape index (κ3) is 4.50. The average Bonchev–Trinajstić information content (AvgIpc) is 3.05. The average molecular weight is 387 g/mol. The van der Waals surface area contributed by atoms with Crippen LogP contribution in [0.5, 0.6) is 5.75 Å². The number of fused-ring (bicyclic) bond motifs is 1. The SMILES string of the molecule is C=C/C=C\C(=C(/N)Oc1ccc(Nc2nc3cnccc3[nH]2)cc1)C(F)(F)F. The molecule has 3 rings (SSSR count). The van der Waals surface area contributed by atoms with Gasteiger partial charge in [-0.05, 0) is 36.4 Å². The monoisotopic (exact) mass is 387 g/mol. The topological polar surface area (TPSA) is 88.8 Å². The molecule has 3 aromatic rings. The van der Waals surface area contributed by atoms with Crippen LogP contribution in [0.1, 0.15) is 0 Å². The molecule has 4 N–H and O–H groups in total. The fourth-order valence-corrected chi connectivity index (χ4v) is 2.32. The maximum absolute atomic E-state index is 13.1. The van der Waals surface area contributed by atoms with Crippen molar-refractivity contribution in [3.05, 3.63) is 79.0 Å². The summed E-state index contributed by atoms with van der Waals surface area (Å²) in [4.78, 5) is 11.4. The smallest absolute Gasteiger partial charge is 0.421 e. The number of anilines is 2. The highest BCUT2D eigenvalue weighted by atomic mass is 19.4. The van der Waals surface area contributed by atoms with Crippen LogP contribution in [0, 0.1) is 0 Å². The lowest BCUT2D eigenvalue weighted by molar-refractivity contribution is -0.0906. The highest BCUT2D eigenvalue weighted by Crippen LogP contribution is 2.29. The third-order valence-corrected chi connectivity index (χ3v) is 3.60. The molecular formula is C19H16F3N5O. The molecular weight excluding hydrogens is 371 g/mol. The number of nitrogens with one attached hydrogen (secondary N) is 2. The van der Waals surface area contributed by atoms with Crippen molar-refractivity contribution in [2.45, 2.75) is 6.18 Å². The number of nitrogens with two attached hydrogens (primary N) is 1. The molecule has 0 radical (unpaired) electrons. The van der Waals surface area contributed by atoms with Crippen molar-refractivity contribution in [1.29, 1.82) is 0 Å². The predicted octanol–water partition coefficient (Wildman–Crippen LogP) is 4.56. The first-order valence-electron chi connectivity index (χ1n) is 8.07. The van der Waals surface area contributed by atoms with E-state index in [4.69, 9.17) is 10.5 Å². The van der Waals surface area contributed by atoms with Crippen molar-refractivity contribution in [2.75, 3.05) is 5.32 Å². The molecule has 144 valence electrons. The van der Waals surface area contributed by atoms with E-state index in [-0.39, 0.29) is 5.75 Å². The number of hydrogen-bond donors (Lipinski definition) is 3. The van der Waals surface area contributed by atoms with Gasteiger partial charge in [0.15, 0.2) is 0 Å². The van der Waals surface area contributed by atoms with Crippen LogP contribution < -0.4 is 15.8 Å². The molecule has 0 aliphatic rings. The van der Waals surface area contributed by atoms with Crippen molar-refractivity contribution >= 4 is 22.7 Å². The van der Waals surface area contributed by atoms with E-state index in [0.29, 0.717) is 17.2 Å². The number of benzene rings is 1. The van der Waals surface area contributed by atoms with Gasteiger partial charge in [0.05, 0.1) is 11.7 Å². The van der Waals surface area contributed by atoms with Crippen LogP contribution in [-0.4, -0.2) is 21.1 Å². The summed E-state index contributed by atoms with van der Waals surface area (Å²) in [6.45, 7) is 3.34. The Morgan fingerprint density at radius 1 is 1.21 bits per heavy atom. The molecule has 2 heterocycles. The number of H-pyrrole nitrogens is 1. The van der Waals surface area contributed by atoms with Crippen molar-refractivity contribution < 1.29 is 17.9 Å². The Hall–Kier alpha value is -3.75. The summed E-state index contributed by atoms with van der Waals surface area (Å²) in [6.07, 6.45) is 1.77. The molecule has 0 saturated heterocycles. The minimum absolute atomic E-state index is 0.158. The van der Waals surface area contributed by atoms with Crippen molar-refractivity contribution in [3.63, 3.8) is 0 Å². The van der Waals surface area contributed by atoms with Gasteiger partial charge in [-0.25, -0.2) is 4.98 Å². The summed E-state index contributed by atoms with van der Waals surface area (Å²) in [5.74, 6) is -0.0910. The van der Waals surface area contributed by atoms with Gasteiger partial charge in [0, 0.05) is 11.9 Å². The highest BCUT2D eigenvalue weighted by Gasteiger charge is 2.35. The quantitative estimate of drug-likeness (QED) is 0.426. The maximum atomic E-state index is 13.1. The molecule has 0 spiro atoms. The summed E-state index contributed by atoms with van der Waals surface area (Å²) < 4.78 is 44.3. The molecule has 0 bridgehead atoms. The molecule has 1 aromatic carbocycles. The zero-order valence-corrected chi connectivity index (χ0v) is 14.5. The van der Waals surface area contributed by atoms with E-state index in [0.717, 1.165) is 17.7 Å². The summed E-state index contributed by atoms with van der Waals surface area (Å²) >= 11 is 0. The number of allylic oxidation sites excluding steroid dienone is 4. The molecule has 0 aliphatic heterocycles. The second-order valence-corrected chi connectivity index (χ2v) is 5.60. The number of rotatable bonds is 6. The zero-order valence-electron chi connectivity index (χ0n) is 14.5. The number of imidazole rings is 1. The lowest BCUT2D eigenvalue weighted by atomic mass is 10.2. The first kappa shape index (κ1) is 19.0. The number of alkyl halides is 3. The molecule has 0 saturated carbocycles. The molecule has 2 aromatic heterocycles. The second-order valence-electron chi connectivity index (χ2n) is 5.60. The number of aromatic amines is 1. The van der Waals surface area contributed by atoms with Gasteiger partial charge >= 0.3 is 6.18 Å². The first-order valence-corrected chi connectivity index (χ1v) is 8.07. The normalized spacial score (nSPS) is 12.8. The van der Waals surface area contributed by atoms with Crippen LogP contribution >= 0.6 is 0 Å². The molecule has 0 fully saturated rings. The number of pyridine rings is 1. The second kappa shape index (κ2) is 7.87. The predicted molar refractivity (Wildman–Crippen MR) is 101 cm³/mol. The van der Waals surface area contributed by atoms with Crippen LogP contribution in [0.25, 0.3) is 11.0 Å².